The number of aromatic nitrogens is 1. The van der Waals surface area contributed by atoms with Crippen LogP contribution in [0.15, 0.2) is 30.5 Å². The molecule has 0 aliphatic heterocycles. The first-order valence-corrected chi connectivity index (χ1v) is 8.00. The van der Waals surface area contributed by atoms with Crippen LogP contribution in [0.4, 0.5) is 0 Å². The highest BCUT2D eigenvalue weighted by Crippen LogP contribution is 2.16. The molecule has 0 saturated carbocycles. The SMILES string of the molecule is CSCCC(NC(=O)c1ccc2c(ccn2C)c1)C(=O)O. The van der Waals surface area contributed by atoms with Crippen LogP contribution in [0.2, 0.25) is 0 Å². The van der Waals surface area contributed by atoms with Crippen LogP contribution in [-0.4, -0.2) is 39.6 Å². The maximum atomic E-state index is 12.2. The number of benzene rings is 1. The molecule has 5 nitrogen and oxygen atoms in total. The molecule has 2 aromatic rings. The molecule has 0 bridgehead atoms. The Labute approximate surface area is 127 Å². The van der Waals surface area contributed by atoms with Crippen molar-refractivity contribution in [2.45, 2.75) is 12.5 Å². The molecular formula is C15H18N2O3S. The van der Waals surface area contributed by atoms with Crippen LogP contribution in [0.3, 0.4) is 0 Å². The van der Waals surface area contributed by atoms with E-state index < -0.39 is 12.0 Å². The molecule has 1 atom stereocenters. The minimum absolute atomic E-state index is 0.353. The van der Waals surface area contributed by atoms with Crippen LogP contribution < -0.4 is 5.32 Å². The van der Waals surface area contributed by atoms with Crippen LogP contribution in [0.5, 0.6) is 0 Å². The first-order valence-electron chi connectivity index (χ1n) is 6.60. The Morgan fingerprint density at radius 2 is 2.14 bits per heavy atom. The fraction of sp³-hybridized carbons (Fsp3) is 0.333. The number of amides is 1. The molecule has 0 aliphatic carbocycles. The van der Waals surface area contributed by atoms with Gasteiger partial charge in [-0.1, -0.05) is 0 Å². The summed E-state index contributed by atoms with van der Waals surface area (Å²) in [7, 11) is 1.94. The van der Waals surface area contributed by atoms with E-state index in [-0.39, 0.29) is 5.91 Å². The highest BCUT2D eigenvalue weighted by Gasteiger charge is 2.20. The minimum Gasteiger partial charge on any atom is -0.480 e. The van der Waals surface area contributed by atoms with Gasteiger partial charge in [-0.2, -0.15) is 11.8 Å². The third-order valence-electron chi connectivity index (χ3n) is 3.36. The number of hydrogen-bond donors (Lipinski definition) is 2. The number of carbonyl (C=O) groups is 2. The van der Waals surface area contributed by atoms with Gasteiger partial charge in [0.15, 0.2) is 0 Å². The Kier molecular flexibility index (Phi) is 4.90. The van der Waals surface area contributed by atoms with E-state index >= 15 is 0 Å². The van der Waals surface area contributed by atoms with Crippen LogP contribution in [-0.2, 0) is 11.8 Å². The van der Waals surface area contributed by atoms with Gasteiger partial charge in [-0.15, -0.1) is 0 Å². The number of aryl methyl sites for hydroxylation is 1. The van der Waals surface area contributed by atoms with Crippen molar-refractivity contribution < 1.29 is 14.7 Å². The number of carboxylic acids is 1. The Bertz CT molecular complexity index is 666. The highest BCUT2D eigenvalue weighted by atomic mass is 32.2. The summed E-state index contributed by atoms with van der Waals surface area (Å²) in [5.41, 5.74) is 1.51. The summed E-state index contributed by atoms with van der Waals surface area (Å²) in [4.78, 5) is 23.3. The van der Waals surface area contributed by atoms with Crippen molar-refractivity contribution in [3.8, 4) is 0 Å². The fourth-order valence-electron chi connectivity index (χ4n) is 2.16. The number of rotatable bonds is 6. The van der Waals surface area contributed by atoms with E-state index in [2.05, 4.69) is 5.32 Å². The lowest BCUT2D eigenvalue weighted by molar-refractivity contribution is -0.139. The smallest absolute Gasteiger partial charge is 0.326 e. The Balaban J connectivity index is 2.14. The van der Waals surface area contributed by atoms with E-state index in [1.54, 1.807) is 23.9 Å². The van der Waals surface area contributed by atoms with Crippen molar-refractivity contribution >= 4 is 34.5 Å². The zero-order valence-electron chi connectivity index (χ0n) is 12.0. The number of carbonyl (C=O) groups excluding carboxylic acids is 1. The van der Waals surface area contributed by atoms with Gasteiger partial charge in [-0.25, -0.2) is 4.79 Å². The van der Waals surface area contributed by atoms with Gasteiger partial charge in [-0.3, -0.25) is 4.79 Å². The molecule has 0 spiro atoms. The zero-order chi connectivity index (χ0) is 15.4. The van der Waals surface area contributed by atoms with Crippen molar-refractivity contribution in [2.75, 3.05) is 12.0 Å². The van der Waals surface area contributed by atoms with Crippen LogP contribution in [0.1, 0.15) is 16.8 Å². The van der Waals surface area contributed by atoms with Gasteiger partial charge in [0, 0.05) is 29.7 Å². The maximum absolute atomic E-state index is 12.2. The third kappa shape index (κ3) is 3.58. The standard InChI is InChI=1S/C15H18N2O3S/c1-17-7-5-10-9-11(3-4-13(10)17)14(18)16-12(15(19)20)6-8-21-2/h3-5,7,9,12H,6,8H2,1-2H3,(H,16,18)(H,19,20). The number of fused-ring (bicyclic) bond motifs is 1. The van der Waals surface area contributed by atoms with E-state index in [1.807, 2.05) is 36.2 Å². The van der Waals surface area contributed by atoms with Gasteiger partial charge in [0.25, 0.3) is 5.91 Å². The van der Waals surface area contributed by atoms with E-state index in [0.717, 1.165) is 10.9 Å². The average Bonchev–Trinajstić information content (AvgIpc) is 2.84. The minimum atomic E-state index is -1.00. The van der Waals surface area contributed by atoms with Gasteiger partial charge in [0.05, 0.1) is 0 Å². The Morgan fingerprint density at radius 1 is 1.38 bits per heavy atom. The summed E-state index contributed by atoms with van der Waals surface area (Å²) in [6.07, 6.45) is 4.24. The fourth-order valence-corrected chi connectivity index (χ4v) is 2.63. The highest BCUT2D eigenvalue weighted by molar-refractivity contribution is 7.98. The molecule has 6 heteroatoms. The summed E-state index contributed by atoms with van der Waals surface area (Å²) in [5.74, 6) is -0.665. The lowest BCUT2D eigenvalue weighted by atomic mass is 10.1. The maximum Gasteiger partial charge on any atom is 0.326 e. The number of carboxylic acid groups (broad SMARTS) is 1. The number of nitrogens with zero attached hydrogens (tertiary/aromatic N) is 1. The second-order valence-corrected chi connectivity index (χ2v) is 5.83. The quantitative estimate of drug-likeness (QED) is 0.857. The van der Waals surface area contributed by atoms with Gasteiger partial charge < -0.3 is 15.0 Å². The molecule has 1 heterocycles. The summed E-state index contributed by atoms with van der Waals surface area (Å²) in [5, 5.41) is 12.7. The summed E-state index contributed by atoms with van der Waals surface area (Å²) in [6.45, 7) is 0. The van der Waals surface area contributed by atoms with Crippen molar-refractivity contribution in [3.63, 3.8) is 0 Å². The van der Waals surface area contributed by atoms with Crippen LogP contribution in [0.25, 0.3) is 10.9 Å². The molecule has 112 valence electrons. The molecule has 0 aliphatic rings. The topological polar surface area (TPSA) is 71.3 Å². The number of nitrogens with one attached hydrogen (secondary N) is 1. The van der Waals surface area contributed by atoms with E-state index in [9.17, 15) is 9.59 Å². The summed E-state index contributed by atoms with van der Waals surface area (Å²) >= 11 is 1.56. The second-order valence-electron chi connectivity index (χ2n) is 4.85. The molecule has 2 rings (SSSR count). The molecule has 1 unspecified atom stereocenters. The van der Waals surface area contributed by atoms with Gasteiger partial charge in [-0.05, 0) is 42.7 Å². The zero-order valence-corrected chi connectivity index (χ0v) is 12.8. The number of aliphatic carboxylic acids is 1. The van der Waals surface area contributed by atoms with E-state index in [4.69, 9.17) is 5.11 Å². The summed E-state index contributed by atoms with van der Waals surface area (Å²) < 4.78 is 1.97. The van der Waals surface area contributed by atoms with Gasteiger partial charge in [0.1, 0.15) is 6.04 Å². The molecule has 1 aromatic heterocycles. The lowest BCUT2D eigenvalue weighted by Crippen LogP contribution is -2.41. The van der Waals surface area contributed by atoms with Crippen molar-refractivity contribution in [1.29, 1.82) is 0 Å². The normalized spacial score (nSPS) is 12.3. The molecular weight excluding hydrogens is 288 g/mol. The Hall–Kier alpha value is -1.95. The largest absolute Gasteiger partial charge is 0.480 e. The lowest BCUT2D eigenvalue weighted by Gasteiger charge is -2.14. The monoisotopic (exact) mass is 306 g/mol. The molecule has 2 N–H and O–H groups in total. The number of hydrogen-bond acceptors (Lipinski definition) is 3. The first kappa shape index (κ1) is 15.4. The molecule has 1 aromatic carbocycles. The van der Waals surface area contributed by atoms with Crippen molar-refractivity contribution in [2.24, 2.45) is 7.05 Å². The molecule has 0 saturated heterocycles. The molecule has 21 heavy (non-hydrogen) atoms. The molecule has 0 radical (unpaired) electrons. The average molecular weight is 306 g/mol. The van der Waals surface area contributed by atoms with Gasteiger partial charge in [0.2, 0.25) is 0 Å². The van der Waals surface area contributed by atoms with Crippen LogP contribution in [0, 0.1) is 0 Å². The second kappa shape index (κ2) is 6.67. The van der Waals surface area contributed by atoms with Crippen molar-refractivity contribution in [3.05, 3.63) is 36.0 Å². The first-order chi connectivity index (χ1) is 10.0. The number of thioether (sulfide) groups is 1. The van der Waals surface area contributed by atoms with Crippen molar-refractivity contribution in [1.82, 2.24) is 9.88 Å². The third-order valence-corrected chi connectivity index (χ3v) is 4.01. The predicted octanol–water partition coefficient (Wildman–Crippen LogP) is 2.11. The van der Waals surface area contributed by atoms with Gasteiger partial charge >= 0.3 is 5.97 Å². The predicted molar refractivity (Wildman–Crippen MR) is 84.8 cm³/mol. The molecule has 0 fully saturated rings. The Morgan fingerprint density at radius 3 is 2.81 bits per heavy atom. The van der Waals surface area contributed by atoms with E-state index in [1.165, 1.54) is 0 Å². The van der Waals surface area contributed by atoms with E-state index in [0.29, 0.717) is 17.7 Å². The van der Waals surface area contributed by atoms with Crippen LogP contribution >= 0.6 is 11.8 Å². The summed E-state index contributed by atoms with van der Waals surface area (Å²) in [6, 6.07) is 6.43. The molecule has 1 amide bonds.